The highest BCUT2D eigenvalue weighted by Gasteiger charge is 2.12. The first kappa shape index (κ1) is 14.9. The van der Waals surface area contributed by atoms with Crippen LogP contribution in [0.15, 0.2) is 42.5 Å². The van der Waals surface area contributed by atoms with Crippen LogP contribution in [-0.2, 0) is 0 Å². The number of phenolic OH excluding ortho intramolecular Hbond substituents is 1. The molecule has 0 bridgehead atoms. The second-order valence-electron chi connectivity index (χ2n) is 5.30. The summed E-state index contributed by atoms with van der Waals surface area (Å²) in [6.07, 6.45) is 0. The number of nitrogens with one attached hydrogen (secondary N) is 2. The fourth-order valence-electron chi connectivity index (χ4n) is 2.00. The number of aryl methyl sites for hydroxylation is 1. The lowest BCUT2D eigenvalue weighted by atomic mass is 10.1. The van der Waals surface area contributed by atoms with Crippen molar-refractivity contribution in [3.63, 3.8) is 0 Å². The molecule has 2 rings (SSSR count). The van der Waals surface area contributed by atoms with Crippen molar-refractivity contribution in [3.05, 3.63) is 53.6 Å². The Morgan fingerprint density at radius 2 is 1.86 bits per heavy atom. The SMILES string of the molecule is Cc1ccc(NC(=O)c2ccccc2NC(C)C)cc1O. The summed E-state index contributed by atoms with van der Waals surface area (Å²) in [6.45, 7) is 5.85. The molecule has 0 saturated heterocycles. The zero-order valence-corrected chi connectivity index (χ0v) is 12.5. The smallest absolute Gasteiger partial charge is 0.257 e. The van der Waals surface area contributed by atoms with Gasteiger partial charge in [0, 0.05) is 23.5 Å². The summed E-state index contributed by atoms with van der Waals surface area (Å²) in [5.41, 5.74) is 2.71. The van der Waals surface area contributed by atoms with Gasteiger partial charge in [0.05, 0.1) is 5.56 Å². The number of anilines is 2. The standard InChI is InChI=1S/C17H20N2O2/c1-11(2)18-15-7-5-4-6-14(15)17(21)19-13-9-8-12(3)16(20)10-13/h4-11,18,20H,1-3H3,(H,19,21). The Balaban J connectivity index is 2.22. The average molecular weight is 284 g/mol. The van der Waals surface area contributed by atoms with Crippen LogP contribution >= 0.6 is 0 Å². The van der Waals surface area contributed by atoms with Gasteiger partial charge < -0.3 is 15.7 Å². The van der Waals surface area contributed by atoms with Gasteiger partial charge in [-0.25, -0.2) is 0 Å². The monoisotopic (exact) mass is 284 g/mol. The van der Waals surface area contributed by atoms with Crippen LogP contribution in [0, 0.1) is 6.92 Å². The van der Waals surface area contributed by atoms with E-state index in [0.29, 0.717) is 11.3 Å². The number of hydrogen-bond acceptors (Lipinski definition) is 3. The highest BCUT2D eigenvalue weighted by Crippen LogP contribution is 2.23. The molecule has 0 unspecified atom stereocenters. The maximum atomic E-state index is 12.4. The molecule has 110 valence electrons. The number of benzene rings is 2. The molecule has 4 nitrogen and oxygen atoms in total. The van der Waals surface area contributed by atoms with Crippen LogP contribution in [0.2, 0.25) is 0 Å². The zero-order chi connectivity index (χ0) is 15.4. The van der Waals surface area contributed by atoms with E-state index in [9.17, 15) is 9.90 Å². The fraction of sp³-hybridized carbons (Fsp3) is 0.235. The van der Waals surface area contributed by atoms with Crippen molar-refractivity contribution in [2.24, 2.45) is 0 Å². The summed E-state index contributed by atoms with van der Waals surface area (Å²) in [5.74, 6) is -0.0385. The van der Waals surface area contributed by atoms with Gasteiger partial charge in [-0.2, -0.15) is 0 Å². The third kappa shape index (κ3) is 3.75. The van der Waals surface area contributed by atoms with Gasteiger partial charge in [-0.15, -0.1) is 0 Å². The lowest BCUT2D eigenvalue weighted by Crippen LogP contribution is -2.17. The molecule has 0 aliphatic carbocycles. The summed E-state index contributed by atoms with van der Waals surface area (Å²) >= 11 is 0. The zero-order valence-electron chi connectivity index (χ0n) is 12.5. The molecule has 2 aromatic rings. The van der Waals surface area contributed by atoms with Gasteiger partial charge in [-0.1, -0.05) is 18.2 Å². The lowest BCUT2D eigenvalue weighted by molar-refractivity contribution is 0.102. The first-order valence-electron chi connectivity index (χ1n) is 6.94. The van der Waals surface area contributed by atoms with Gasteiger partial charge in [-0.3, -0.25) is 4.79 Å². The topological polar surface area (TPSA) is 61.4 Å². The van der Waals surface area contributed by atoms with Crippen LogP contribution in [0.3, 0.4) is 0 Å². The number of carbonyl (C=O) groups is 1. The highest BCUT2D eigenvalue weighted by molar-refractivity contribution is 6.08. The Kier molecular flexibility index (Phi) is 4.48. The number of aromatic hydroxyl groups is 1. The molecule has 0 aromatic heterocycles. The van der Waals surface area contributed by atoms with E-state index >= 15 is 0 Å². The second-order valence-corrected chi connectivity index (χ2v) is 5.30. The molecule has 4 heteroatoms. The van der Waals surface area contributed by atoms with Gasteiger partial charge >= 0.3 is 0 Å². The van der Waals surface area contributed by atoms with Crippen LogP contribution in [-0.4, -0.2) is 17.1 Å². The third-order valence-corrected chi connectivity index (χ3v) is 3.08. The second kappa shape index (κ2) is 6.31. The molecule has 0 aliphatic rings. The van der Waals surface area contributed by atoms with E-state index in [1.54, 1.807) is 24.3 Å². The Morgan fingerprint density at radius 3 is 2.52 bits per heavy atom. The minimum Gasteiger partial charge on any atom is -0.508 e. The molecule has 0 radical (unpaired) electrons. The molecule has 0 aliphatic heterocycles. The summed E-state index contributed by atoms with van der Waals surface area (Å²) in [4.78, 5) is 12.4. The predicted molar refractivity (Wildman–Crippen MR) is 86.0 cm³/mol. The summed E-state index contributed by atoms with van der Waals surface area (Å²) in [7, 11) is 0. The number of phenols is 1. The predicted octanol–water partition coefficient (Wildman–Crippen LogP) is 3.77. The molecule has 21 heavy (non-hydrogen) atoms. The normalized spacial score (nSPS) is 10.5. The number of rotatable bonds is 4. The van der Waals surface area contributed by atoms with Crippen LogP contribution in [0.1, 0.15) is 29.8 Å². The number of hydrogen-bond donors (Lipinski definition) is 3. The summed E-state index contributed by atoms with van der Waals surface area (Å²) in [6, 6.07) is 12.7. The molecule has 0 atom stereocenters. The van der Waals surface area contributed by atoms with Crippen molar-refractivity contribution in [1.29, 1.82) is 0 Å². The van der Waals surface area contributed by atoms with Gasteiger partial charge in [0.1, 0.15) is 5.75 Å². The first-order chi connectivity index (χ1) is 9.97. The molecule has 0 spiro atoms. The molecule has 0 saturated carbocycles. The highest BCUT2D eigenvalue weighted by atomic mass is 16.3. The van der Waals surface area contributed by atoms with Gasteiger partial charge in [-0.05, 0) is 44.5 Å². The van der Waals surface area contributed by atoms with Crippen molar-refractivity contribution in [2.45, 2.75) is 26.8 Å². The van der Waals surface area contributed by atoms with Crippen LogP contribution in [0.25, 0.3) is 0 Å². The van der Waals surface area contributed by atoms with E-state index in [-0.39, 0.29) is 17.7 Å². The van der Waals surface area contributed by atoms with Crippen LogP contribution < -0.4 is 10.6 Å². The van der Waals surface area contributed by atoms with E-state index < -0.39 is 0 Å². The van der Waals surface area contributed by atoms with Crippen LogP contribution in [0.5, 0.6) is 5.75 Å². The Hall–Kier alpha value is -2.49. The molecule has 2 aromatic carbocycles. The molecular weight excluding hydrogens is 264 g/mol. The third-order valence-electron chi connectivity index (χ3n) is 3.08. The summed E-state index contributed by atoms with van der Waals surface area (Å²) in [5, 5.41) is 15.7. The van der Waals surface area contributed by atoms with Crippen molar-refractivity contribution >= 4 is 17.3 Å². The summed E-state index contributed by atoms with van der Waals surface area (Å²) < 4.78 is 0. The van der Waals surface area contributed by atoms with E-state index in [2.05, 4.69) is 10.6 Å². The van der Waals surface area contributed by atoms with E-state index in [1.807, 2.05) is 39.0 Å². The van der Waals surface area contributed by atoms with Crippen molar-refractivity contribution in [1.82, 2.24) is 0 Å². The van der Waals surface area contributed by atoms with E-state index in [4.69, 9.17) is 0 Å². The number of carbonyl (C=O) groups excluding carboxylic acids is 1. The van der Waals surface area contributed by atoms with Crippen LogP contribution in [0.4, 0.5) is 11.4 Å². The number of amides is 1. The molecule has 0 fully saturated rings. The number of para-hydroxylation sites is 1. The van der Waals surface area contributed by atoms with Gasteiger partial charge in [0.2, 0.25) is 0 Å². The quantitative estimate of drug-likeness (QED) is 0.801. The molecule has 1 amide bonds. The Bertz CT molecular complexity index is 651. The minimum atomic E-state index is -0.206. The van der Waals surface area contributed by atoms with Crippen molar-refractivity contribution in [3.8, 4) is 5.75 Å². The lowest BCUT2D eigenvalue weighted by Gasteiger charge is -2.14. The Morgan fingerprint density at radius 1 is 1.14 bits per heavy atom. The maximum Gasteiger partial charge on any atom is 0.257 e. The fourth-order valence-corrected chi connectivity index (χ4v) is 2.00. The maximum absolute atomic E-state index is 12.4. The Labute approximate surface area is 124 Å². The van der Waals surface area contributed by atoms with Crippen molar-refractivity contribution in [2.75, 3.05) is 10.6 Å². The van der Waals surface area contributed by atoms with E-state index in [0.717, 1.165) is 11.3 Å². The largest absolute Gasteiger partial charge is 0.508 e. The van der Waals surface area contributed by atoms with Gasteiger partial charge in [0.25, 0.3) is 5.91 Å². The van der Waals surface area contributed by atoms with E-state index in [1.165, 1.54) is 0 Å². The molecule has 3 N–H and O–H groups in total. The molecular formula is C17H20N2O2. The average Bonchev–Trinajstić information content (AvgIpc) is 2.43. The van der Waals surface area contributed by atoms with Gasteiger partial charge in [0.15, 0.2) is 0 Å². The first-order valence-corrected chi connectivity index (χ1v) is 6.94. The minimum absolute atomic E-state index is 0.168. The van der Waals surface area contributed by atoms with Crippen molar-refractivity contribution < 1.29 is 9.90 Å². The molecule has 0 heterocycles.